The predicted octanol–water partition coefficient (Wildman–Crippen LogP) is 2.76. The van der Waals surface area contributed by atoms with Crippen LogP contribution < -0.4 is 5.73 Å². The highest BCUT2D eigenvalue weighted by Gasteiger charge is 2.11. The Kier molecular flexibility index (Phi) is 3.15. The van der Waals surface area contributed by atoms with Crippen LogP contribution in [0.2, 0.25) is 0 Å². The Morgan fingerprint density at radius 1 is 1.42 bits per heavy atom. The van der Waals surface area contributed by atoms with E-state index >= 15 is 0 Å². The van der Waals surface area contributed by atoms with Crippen molar-refractivity contribution in [2.45, 2.75) is 25.7 Å². The van der Waals surface area contributed by atoms with Gasteiger partial charge < -0.3 is 5.73 Å². The summed E-state index contributed by atoms with van der Waals surface area (Å²) >= 11 is 0. The molecule has 1 rings (SSSR count). The van der Waals surface area contributed by atoms with Crippen molar-refractivity contribution in [3.8, 4) is 0 Å². The lowest BCUT2D eigenvalue weighted by Gasteiger charge is -2.19. The minimum Gasteiger partial charge on any atom is -0.399 e. The predicted molar refractivity (Wildman–Crippen MR) is 53.6 cm³/mol. The van der Waals surface area contributed by atoms with Crippen LogP contribution in [-0.2, 0) is 0 Å². The SMILES string of the molecule is C=C(N)/C=C/C1CCC(=C)CC1. The highest BCUT2D eigenvalue weighted by molar-refractivity contribution is 5.12. The summed E-state index contributed by atoms with van der Waals surface area (Å²) in [7, 11) is 0. The van der Waals surface area contributed by atoms with Crippen LogP contribution in [0.4, 0.5) is 0 Å². The summed E-state index contributed by atoms with van der Waals surface area (Å²) in [6.07, 6.45) is 8.89. The average Bonchev–Trinajstić information content (AvgIpc) is 2.03. The van der Waals surface area contributed by atoms with Gasteiger partial charge in [-0.15, -0.1) is 0 Å². The van der Waals surface area contributed by atoms with Gasteiger partial charge in [0.1, 0.15) is 0 Å². The maximum atomic E-state index is 5.44. The number of allylic oxidation sites excluding steroid dienone is 3. The molecule has 0 radical (unpaired) electrons. The van der Waals surface area contributed by atoms with Gasteiger partial charge in [0, 0.05) is 5.70 Å². The summed E-state index contributed by atoms with van der Waals surface area (Å²) in [5.41, 5.74) is 7.48. The third-order valence-corrected chi connectivity index (χ3v) is 2.32. The lowest BCUT2D eigenvalue weighted by Crippen LogP contribution is -2.05. The van der Waals surface area contributed by atoms with E-state index in [1.54, 1.807) is 0 Å². The zero-order valence-electron chi connectivity index (χ0n) is 7.55. The molecular weight excluding hydrogens is 146 g/mol. The Morgan fingerprint density at radius 2 is 2.00 bits per heavy atom. The van der Waals surface area contributed by atoms with E-state index in [9.17, 15) is 0 Å². The van der Waals surface area contributed by atoms with Crippen LogP contribution in [0.3, 0.4) is 0 Å². The van der Waals surface area contributed by atoms with Crippen molar-refractivity contribution in [1.82, 2.24) is 0 Å². The zero-order chi connectivity index (χ0) is 8.97. The first kappa shape index (κ1) is 9.11. The van der Waals surface area contributed by atoms with Gasteiger partial charge in [-0.2, -0.15) is 0 Å². The van der Waals surface area contributed by atoms with E-state index in [-0.39, 0.29) is 0 Å². The van der Waals surface area contributed by atoms with Crippen molar-refractivity contribution in [2.75, 3.05) is 0 Å². The fourth-order valence-electron chi connectivity index (χ4n) is 1.50. The second kappa shape index (κ2) is 4.15. The third-order valence-electron chi connectivity index (χ3n) is 2.32. The van der Waals surface area contributed by atoms with Gasteiger partial charge >= 0.3 is 0 Å². The van der Waals surface area contributed by atoms with Gasteiger partial charge in [-0.3, -0.25) is 0 Å². The molecule has 1 aliphatic rings. The molecular formula is C11H17N. The highest BCUT2D eigenvalue weighted by Crippen LogP contribution is 2.27. The lowest BCUT2D eigenvalue weighted by molar-refractivity contribution is 0.489. The molecule has 0 aliphatic heterocycles. The zero-order valence-corrected chi connectivity index (χ0v) is 7.55. The molecule has 0 aromatic rings. The van der Waals surface area contributed by atoms with Crippen molar-refractivity contribution in [1.29, 1.82) is 0 Å². The van der Waals surface area contributed by atoms with Gasteiger partial charge in [-0.05, 0) is 37.7 Å². The molecule has 0 saturated heterocycles. The van der Waals surface area contributed by atoms with E-state index in [0.29, 0.717) is 11.6 Å². The van der Waals surface area contributed by atoms with Gasteiger partial charge in [0.05, 0.1) is 0 Å². The van der Waals surface area contributed by atoms with E-state index in [1.807, 2.05) is 6.08 Å². The molecule has 0 amide bonds. The molecule has 0 bridgehead atoms. The number of rotatable bonds is 2. The smallest absolute Gasteiger partial charge is 0.0237 e. The van der Waals surface area contributed by atoms with Crippen molar-refractivity contribution >= 4 is 0 Å². The number of hydrogen-bond donors (Lipinski definition) is 1. The summed E-state index contributed by atoms with van der Waals surface area (Å²) < 4.78 is 0. The van der Waals surface area contributed by atoms with Crippen LogP contribution in [-0.4, -0.2) is 0 Å². The van der Waals surface area contributed by atoms with Crippen LogP contribution in [0.5, 0.6) is 0 Å². The van der Waals surface area contributed by atoms with Crippen molar-refractivity contribution in [2.24, 2.45) is 11.7 Å². The van der Waals surface area contributed by atoms with E-state index in [1.165, 1.54) is 31.3 Å². The molecule has 2 N–H and O–H groups in total. The third kappa shape index (κ3) is 2.95. The van der Waals surface area contributed by atoms with Crippen LogP contribution in [0.25, 0.3) is 0 Å². The summed E-state index contributed by atoms with van der Waals surface area (Å²) in [5, 5.41) is 0. The quantitative estimate of drug-likeness (QED) is 0.491. The Bertz CT molecular complexity index is 203. The summed E-state index contributed by atoms with van der Waals surface area (Å²) in [6.45, 7) is 7.61. The Morgan fingerprint density at radius 3 is 2.50 bits per heavy atom. The van der Waals surface area contributed by atoms with Crippen molar-refractivity contribution in [3.63, 3.8) is 0 Å². The molecule has 0 unspecified atom stereocenters. The van der Waals surface area contributed by atoms with Gasteiger partial charge in [0.2, 0.25) is 0 Å². The van der Waals surface area contributed by atoms with E-state index in [0.717, 1.165) is 0 Å². The molecule has 0 atom stereocenters. The van der Waals surface area contributed by atoms with Crippen molar-refractivity contribution < 1.29 is 0 Å². The highest BCUT2D eigenvalue weighted by atomic mass is 14.5. The van der Waals surface area contributed by atoms with Crippen LogP contribution in [0, 0.1) is 5.92 Å². The van der Waals surface area contributed by atoms with Crippen molar-refractivity contribution in [3.05, 3.63) is 36.6 Å². The van der Waals surface area contributed by atoms with Crippen LogP contribution >= 0.6 is 0 Å². The van der Waals surface area contributed by atoms with Crippen LogP contribution in [0.15, 0.2) is 36.6 Å². The molecule has 1 saturated carbocycles. The first-order valence-corrected chi connectivity index (χ1v) is 4.47. The van der Waals surface area contributed by atoms with E-state index < -0.39 is 0 Å². The topological polar surface area (TPSA) is 26.0 Å². The molecule has 0 aromatic heterocycles. The molecule has 0 heterocycles. The second-order valence-corrected chi connectivity index (χ2v) is 3.52. The van der Waals surface area contributed by atoms with Crippen LogP contribution in [0.1, 0.15) is 25.7 Å². The monoisotopic (exact) mass is 163 g/mol. The summed E-state index contributed by atoms with van der Waals surface area (Å²) in [5.74, 6) is 0.691. The minimum atomic E-state index is 0.652. The molecule has 66 valence electrons. The molecule has 1 heteroatoms. The van der Waals surface area contributed by atoms with Gasteiger partial charge in [0.15, 0.2) is 0 Å². The first-order chi connectivity index (χ1) is 5.68. The number of nitrogens with two attached hydrogens (primary N) is 1. The molecule has 12 heavy (non-hydrogen) atoms. The Balaban J connectivity index is 2.35. The molecule has 0 aromatic carbocycles. The standard InChI is InChI=1S/C11H17N/c1-9-3-6-11(7-4-9)8-5-10(2)12/h5,8,11H,1-4,6-7,12H2/b8-5+. The Labute approximate surface area is 74.7 Å². The van der Waals surface area contributed by atoms with Gasteiger partial charge in [-0.1, -0.05) is 24.8 Å². The summed E-state index contributed by atoms with van der Waals surface area (Å²) in [4.78, 5) is 0. The fraction of sp³-hybridized carbons (Fsp3) is 0.455. The first-order valence-electron chi connectivity index (χ1n) is 4.47. The molecule has 0 spiro atoms. The molecule has 1 fully saturated rings. The maximum Gasteiger partial charge on any atom is 0.0237 e. The fourth-order valence-corrected chi connectivity index (χ4v) is 1.50. The maximum absolute atomic E-state index is 5.44. The molecule has 1 aliphatic carbocycles. The van der Waals surface area contributed by atoms with Gasteiger partial charge in [-0.25, -0.2) is 0 Å². The number of hydrogen-bond acceptors (Lipinski definition) is 1. The average molecular weight is 163 g/mol. The normalized spacial score (nSPS) is 20.2. The van der Waals surface area contributed by atoms with E-state index in [2.05, 4.69) is 19.2 Å². The minimum absolute atomic E-state index is 0.652. The van der Waals surface area contributed by atoms with Gasteiger partial charge in [0.25, 0.3) is 0 Å². The molecule has 1 nitrogen and oxygen atoms in total. The lowest BCUT2D eigenvalue weighted by atomic mass is 9.86. The largest absolute Gasteiger partial charge is 0.399 e. The Hall–Kier alpha value is -0.980. The second-order valence-electron chi connectivity index (χ2n) is 3.52. The summed E-state index contributed by atoms with van der Waals surface area (Å²) in [6, 6.07) is 0. The van der Waals surface area contributed by atoms with E-state index in [4.69, 9.17) is 5.73 Å².